The minimum atomic E-state index is 0. The van der Waals surface area contributed by atoms with Crippen molar-refractivity contribution in [2.75, 3.05) is 0 Å². The van der Waals surface area contributed by atoms with Gasteiger partial charge in [-0.3, -0.25) is 0 Å². The first-order chi connectivity index (χ1) is 5.27. The monoisotopic (exact) mass is 236 g/mol. The van der Waals surface area contributed by atoms with E-state index < -0.39 is 0 Å². The molecule has 0 saturated heterocycles. The molecule has 0 aliphatic heterocycles. The second-order valence-corrected chi connectivity index (χ2v) is 3.63. The molecule has 0 heterocycles. The molecule has 0 atom stereocenters. The van der Waals surface area contributed by atoms with Gasteiger partial charge in [-0.2, -0.15) is 0 Å². The zero-order valence-corrected chi connectivity index (χ0v) is 10.7. The van der Waals surface area contributed by atoms with Gasteiger partial charge < -0.3 is 17.0 Å². The molecule has 0 aromatic heterocycles. The Balaban J connectivity index is 0.00000121. The molecular formula is C10H13BrMg. The number of hydrogen-bond acceptors (Lipinski definition) is 0. The van der Waals surface area contributed by atoms with E-state index in [1.807, 2.05) is 21.7 Å². The Kier molecular flexibility index (Phi) is 6.24. The molecule has 1 aromatic rings. The second kappa shape index (κ2) is 6.00. The third kappa shape index (κ3) is 3.07. The minimum Gasteiger partial charge on any atom is -1.00 e. The van der Waals surface area contributed by atoms with E-state index in [-0.39, 0.29) is 17.0 Å². The van der Waals surface area contributed by atoms with E-state index in [9.17, 15) is 0 Å². The Morgan fingerprint density at radius 2 is 1.67 bits per heavy atom. The molecule has 0 saturated carbocycles. The SMILES string of the molecule is CCc1cc[c]([Mg+])cc1CC.[Br-]. The molecule has 0 unspecified atom stereocenters. The van der Waals surface area contributed by atoms with Gasteiger partial charge in [0.25, 0.3) is 0 Å². The smallest absolute Gasteiger partial charge is 1.00 e. The van der Waals surface area contributed by atoms with Crippen LogP contribution >= 0.6 is 0 Å². The van der Waals surface area contributed by atoms with Gasteiger partial charge in [0.1, 0.15) is 0 Å². The van der Waals surface area contributed by atoms with Crippen molar-refractivity contribution in [2.45, 2.75) is 26.7 Å². The topological polar surface area (TPSA) is 0 Å². The molecule has 0 nitrogen and oxygen atoms in total. The van der Waals surface area contributed by atoms with Gasteiger partial charge in [-0.1, -0.05) is 0 Å². The Hall–Kier alpha value is 0.466. The zero-order chi connectivity index (χ0) is 8.27. The fraction of sp³-hybridized carbons (Fsp3) is 0.400. The van der Waals surface area contributed by atoms with Gasteiger partial charge in [0.05, 0.1) is 0 Å². The summed E-state index contributed by atoms with van der Waals surface area (Å²) >= 11 is 1.96. The summed E-state index contributed by atoms with van der Waals surface area (Å²) in [6.07, 6.45) is 2.32. The zero-order valence-electron chi connectivity index (χ0n) is 7.73. The molecule has 0 spiro atoms. The number of rotatable bonds is 2. The van der Waals surface area contributed by atoms with Crippen LogP contribution in [0.25, 0.3) is 0 Å². The van der Waals surface area contributed by atoms with Crippen molar-refractivity contribution in [2.24, 2.45) is 0 Å². The summed E-state index contributed by atoms with van der Waals surface area (Å²) in [4.78, 5) is 0. The van der Waals surface area contributed by atoms with E-state index in [1.165, 1.54) is 14.8 Å². The predicted molar refractivity (Wildman–Crippen MR) is 50.6 cm³/mol. The van der Waals surface area contributed by atoms with Gasteiger partial charge in [0.2, 0.25) is 0 Å². The summed E-state index contributed by atoms with van der Waals surface area (Å²) in [6.45, 7) is 4.43. The molecule has 62 valence electrons. The summed E-state index contributed by atoms with van der Waals surface area (Å²) in [5.74, 6) is 0. The average molecular weight is 237 g/mol. The molecule has 0 radical (unpaired) electrons. The van der Waals surface area contributed by atoms with Crippen LogP contribution in [0.4, 0.5) is 0 Å². The van der Waals surface area contributed by atoms with Crippen LogP contribution in [0.3, 0.4) is 0 Å². The molecule has 0 bridgehead atoms. The van der Waals surface area contributed by atoms with Crippen molar-refractivity contribution in [1.29, 1.82) is 0 Å². The van der Waals surface area contributed by atoms with Gasteiger partial charge in [-0.15, -0.1) is 0 Å². The number of hydrogen-bond donors (Lipinski definition) is 0. The van der Waals surface area contributed by atoms with Gasteiger partial charge >= 0.3 is 81.4 Å². The second-order valence-electron chi connectivity index (χ2n) is 2.81. The fourth-order valence-electron chi connectivity index (χ4n) is 1.35. The van der Waals surface area contributed by atoms with Gasteiger partial charge in [-0.05, 0) is 0 Å². The van der Waals surface area contributed by atoms with E-state index in [0.29, 0.717) is 0 Å². The van der Waals surface area contributed by atoms with E-state index in [1.54, 1.807) is 0 Å². The van der Waals surface area contributed by atoms with Crippen molar-refractivity contribution in [3.05, 3.63) is 29.3 Å². The van der Waals surface area contributed by atoms with Crippen LogP contribution in [-0.4, -0.2) is 21.7 Å². The normalized spacial score (nSPS) is 9.33. The summed E-state index contributed by atoms with van der Waals surface area (Å²) in [7, 11) is 0. The van der Waals surface area contributed by atoms with Crippen LogP contribution in [0.1, 0.15) is 25.0 Å². The van der Waals surface area contributed by atoms with Gasteiger partial charge in [0, 0.05) is 0 Å². The maximum atomic E-state index is 2.30. The average Bonchev–Trinajstić information content (AvgIpc) is 2.04. The first kappa shape index (κ1) is 12.5. The maximum absolute atomic E-state index is 2.30. The van der Waals surface area contributed by atoms with Crippen LogP contribution in [0.5, 0.6) is 0 Å². The Bertz CT molecular complexity index is 246. The van der Waals surface area contributed by atoms with Gasteiger partial charge in [0.15, 0.2) is 0 Å². The first-order valence-electron chi connectivity index (χ1n) is 4.21. The van der Waals surface area contributed by atoms with Crippen LogP contribution in [0, 0.1) is 0 Å². The fourth-order valence-corrected chi connectivity index (χ4v) is 1.72. The van der Waals surface area contributed by atoms with Gasteiger partial charge in [-0.25, -0.2) is 0 Å². The molecule has 0 aliphatic rings. The molecule has 1 rings (SSSR count). The third-order valence-corrected chi connectivity index (χ3v) is 2.47. The summed E-state index contributed by atoms with van der Waals surface area (Å²) in [5, 5.41) is 0. The molecule has 1 aromatic carbocycles. The van der Waals surface area contributed by atoms with Crippen LogP contribution in [0.2, 0.25) is 0 Å². The van der Waals surface area contributed by atoms with E-state index in [4.69, 9.17) is 0 Å². The Labute approximate surface area is 98.0 Å². The van der Waals surface area contributed by atoms with Crippen LogP contribution in [-0.2, 0) is 12.8 Å². The molecule has 2 heteroatoms. The molecule has 0 fully saturated rings. The largest absolute Gasteiger partial charge is 1.00 e. The number of halogens is 1. The summed E-state index contributed by atoms with van der Waals surface area (Å²) in [5.41, 5.74) is 3.02. The van der Waals surface area contributed by atoms with Crippen molar-refractivity contribution in [3.8, 4) is 0 Å². The first-order valence-corrected chi connectivity index (χ1v) is 4.92. The van der Waals surface area contributed by atoms with E-state index in [0.717, 1.165) is 12.8 Å². The summed E-state index contributed by atoms with van der Waals surface area (Å²) < 4.78 is 1.40. The Morgan fingerprint density at radius 3 is 2.17 bits per heavy atom. The third-order valence-electron chi connectivity index (χ3n) is 2.03. The molecule has 0 N–H and O–H groups in total. The molecule has 0 amide bonds. The molecule has 0 aliphatic carbocycles. The standard InChI is InChI=1S/C10H13.BrH.Mg/c1-3-9-7-5-6-8-10(9)4-2;;/h5,7-8H,3-4H2,1-2H3;1H;/q;;+1/p-1. The molecular weight excluding hydrogens is 224 g/mol. The predicted octanol–water partition coefficient (Wildman–Crippen LogP) is -1.39. The quantitative estimate of drug-likeness (QED) is 0.556. The van der Waals surface area contributed by atoms with Crippen molar-refractivity contribution in [1.82, 2.24) is 0 Å². The summed E-state index contributed by atoms with van der Waals surface area (Å²) in [6, 6.07) is 6.76. The van der Waals surface area contributed by atoms with E-state index >= 15 is 0 Å². The van der Waals surface area contributed by atoms with Crippen molar-refractivity contribution < 1.29 is 17.0 Å². The van der Waals surface area contributed by atoms with Crippen LogP contribution < -0.4 is 20.7 Å². The maximum Gasteiger partial charge on any atom is -1.00 e. The van der Waals surface area contributed by atoms with Crippen LogP contribution in [0.15, 0.2) is 18.2 Å². The number of benzene rings is 1. The van der Waals surface area contributed by atoms with Crippen molar-refractivity contribution >= 4 is 25.4 Å². The van der Waals surface area contributed by atoms with E-state index in [2.05, 4.69) is 32.0 Å². The minimum absolute atomic E-state index is 0. The molecule has 12 heavy (non-hydrogen) atoms. The van der Waals surface area contributed by atoms with Crippen molar-refractivity contribution in [3.63, 3.8) is 0 Å². The Morgan fingerprint density at radius 1 is 1.08 bits per heavy atom. The number of aryl methyl sites for hydroxylation is 2.